The van der Waals surface area contributed by atoms with Gasteiger partial charge >= 0.3 is 0 Å². The minimum atomic E-state index is 0.102. The molecule has 2 aromatic carbocycles. The second-order valence-corrected chi connectivity index (χ2v) is 6.79. The van der Waals surface area contributed by atoms with E-state index >= 15 is 0 Å². The fourth-order valence-electron chi connectivity index (χ4n) is 3.04. The van der Waals surface area contributed by atoms with E-state index < -0.39 is 0 Å². The molecule has 1 unspecified atom stereocenters. The molecule has 1 aliphatic heterocycles. The normalized spacial score (nSPS) is 16.2. The van der Waals surface area contributed by atoms with Crippen LogP contribution in [-0.2, 0) is 6.42 Å². The van der Waals surface area contributed by atoms with Crippen molar-refractivity contribution in [3.05, 3.63) is 65.7 Å². The fraction of sp³-hybridized carbons (Fsp3) is 0.364. The molecule has 2 aromatic rings. The molecule has 0 radical (unpaired) electrons. The van der Waals surface area contributed by atoms with Crippen LogP contribution in [-0.4, -0.2) is 26.3 Å². The van der Waals surface area contributed by atoms with Crippen molar-refractivity contribution >= 4 is 5.57 Å². The lowest BCUT2D eigenvalue weighted by molar-refractivity contribution is 0.193. The Morgan fingerprint density at radius 1 is 1.12 bits per heavy atom. The molecule has 0 bridgehead atoms. The number of hydrogen-bond donors (Lipinski definition) is 1. The van der Waals surface area contributed by atoms with Crippen molar-refractivity contribution < 1.29 is 9.47 Å². The van der Waals surface area contributed by atoms with Crippen molar-refractivity contribution in [3.63, 3.8) is 0 Å². The fourth-order valence-corrected chi connectivity index (χ4v) is 3.04. The lowest BCUT2D eigenvalue weighted by Crippen LogP contribution is -2.28. The van der Waals surface area contributed by atoms with Crippen LogP contribution in [0.5, 0.6) is 11.5 Å². The van der Waals surface area contributed by atoms with Crippen LogP contribution in [0.25, 0.3) is 5.57 Å². The summed E-state index contributed by atoms with van der Waals surface area (Å²) in [6.07, 6.45) is 3.40. The molecule has 3 nitrogen and oxygen atoms in total. The molecule has 132 valence electrons. The van der Waals surface area contributed by atoms with Crippen LogP contribution in [0.3, 0.4) is 0 Å². The van der Waals surface area contributed by atoms with Gasteiger partial charge in [0.05, 0.1) is 7.11 Å². The number of nitrogens with one attached hydrogen (secondary N) is 1. The Bertz CT molecular complexity index is 722. The van der Waals surface area contributed by atoms with Crippen LogP contribution in [0.2, 0.25) is 0 Å². The average Bonchev–Trinajstić information content (AvgIpc) is 2.65. The molecule has 0 saturated carbocycles. The highest BCUT2D eigenvalue weighted by Crippen LogP contribution is 2.36. The minimum absolute atomic E-state index is 0.102. The van der Waals surface area contributed by atoms with Crippen LogP contribution in [0.15, 0.2) is 54.6 Å². The molecule has 0 fully saturated rings. The van der Waals surface area contributed by atoms with E-state index in [1.54, 1.807) is 7.11 Å². The summed E-state index contributed by atoms with van der Waals surface area (Å²) in [5.41, 5.74) is 3.82. The summed E-state index contributed by atoms with van der Waals surface area (Å²) in [6.45, 7) is 6.18. The van der Waals surface area contributed by atoms with Gasteiger partial charge in [-0.15, -0.1) is 0 Å². The van der Waals surface area contributed by atoms with Crippen molar-refractivity contribution in [3.8, 4) is 11.5 Å². The van der Waals surface area contributed by atoms with Gasteiger partial charge in [-0.3, -0.25) is 0 Å². The van der Waals surface area contributed by atoms with Gasteiger partial charge in [0.15, 0.2) is 0 Å². The molecule has 3 heteroatoms. The van der Waals surface area contributed by atoms with E-state index in [-0.39, 0.29) is 6.10 Å². The lowest BCUT2D eigenvalue weighted by atomic mass is 9.95. The minimum Gasteiger partial charge on any atom is -0.497 e. The van der Waals surface area contributed by atoms with Crippen LogP contribution in [0.1, 0.15) is 25.0 Å². The molecular formula is C22H27NO2. The Hall–Kier alpha value is -2.26. The first-order chi connectivity index (χ1) is 12.2. The van der Waals surface area contributed by atoms with Crippen molar-refractivity contribution in [1.29, 1.82) is 0 Å². The zero-order valence-corrected chi connectivity index (χ0v) is 15.3. The number of benzene rings is 2. The van der Waals surface area contributed by atoms with E-state index in [0.29, 0.717) is 5.92 Å². The molecule has 0 aromatic heterocycles. The van der Waals surface area contributed by atoms with Gasteiger partial charge in [0, 0.05) is 18.2 Å². The monoisotopic (exact) mass is 337 g/mol. The second kappa shape index (κ2) is 8.21. The predicted octanol–water partition coefficient (Wildman–Crippen LogP) is 4.33. The number of fused-ring (bicyclic) bond motifs is 1. The Labute approximate surface area is 150 Å². The summed E-state index contributed by atoms with van der Waals surface area (Å²) in [7, 11) is 1.69. The SMILES string of the molecule is COc1ccc2c(c1)OC(C(C)C)C=C2CNCCc1ccccc1. The molecular weight excluding hydrogens is 310 g/mol. The molecule has 1 heterocycles. The number of hydrogen-bond acceptors (Lipinski definition) is 3. The highest BCUT2D eigenvalue weighted by molar-refractivity contribution is 5.74. The molecule has 3 rings (SSSR count). The number of methoxy groups -OCH3 is 1. The Kier molecular flexibility index (Phi) is 5.77. The first-order valence-electron chi connectivity index (χ1n) is 8.98. The maximum absolute atomic E-state index is 6.16. The van der Waals surface area contributed by atoms with Gasteiger partial charge in [-0.25, -0.2) is 0 Å². The average molecular weight is 337 g/mol. The first kappa shape index (κ1) is 17.6. The highest BCUT2D eigenvalue weighted by atomic mass is 16.5. The Balaban J connectivity index is 1.68. The van der Waals surface area contributed by atoms with E-state index in [2.05, 4.69) is 61.6 Å². The van der Waals surface area contributed by atoms with Crippen molar-refractivity contribution in [2.24, 2.45) is 5.92 Å². The Morgan fingerprint density at radius 3 is 2.64 bits per heavy atom. The third kappa shape index (κ3) is 4.43. The van der Waals surface area contributed by atoms with Gasteiger partial charge in [-0.2, -0.15) is 0 Å². The summed E-state index contributed by atoms with van der Waals surface area (Å²) in [5, 5.41) is 3.58. The summed E-state index contributed by atoms with van der Waals surface area (Å²) >= 11 is 0. The smallest absolute Gasteiger partial charge is 0.131 e. The molecule has 0 aliphatic carbocycles. The molecule has 1 aliphatic rings. The van der Waals surface area contributed by atoms with Crippen molar-refractivity contribution in [1.82, 2.24) is 5.32 Å². The van der Waals surface area contributed by atoms with Gasteiger partial charge in [0.2, 0.25) is 0 Å². The van der Waals surface area contributed by atoms with Gasteiger partial charge < -0.3 is 14.8 Å². The van der Waals surface area contributed by atoms with Crippen LogP contribution in [0.4, 0.5) is 0 Å². The van der Waals surface area contributed by atoms with Gasteiger partial charge in [-0.05, 0) is 48.2 Å². The standard InChI is InChI=1S/C22H27NO2/c1-16(2)21-13-18(15-23-12-11-17-7-5-4-6-8-17)20-10-9-19(24-3)14-22(20)25-21/h4-10,13-14,16,21,23H,11-12,15H2,1-3H3. The molecule has 1 atom stereocenters. The quantitative estimate of drug-likeness (QED) is 0.763. The van der Waals surface area contributed by atoms with Gasteiger partial charge in [0.1, 0.15) is 17.6 Å². The zero-order valence-electron chi connectivity index (χ0n) is 15.3. The molecule has 0 spiro atoms. The van der Waals surface area contributed by atoms with E-state index in [4.69, 9.17) is 9.47 Å². The Morgan fingerprint density at radius 2 is 1.92 bits per heavy atom. The van der Waals surface area contributed by atoms with E-state index in [1.807, 2.05) is 12.1 Å². The zero-order chi connectivity index (χ0) is 17.6. The maximum atomic E-state index is 6.16. The first-order valence-corrected chi connectivity index (χ1v) is 8.98. The largest absolute Gasteiger partial charge is 0.497 e. The van der Waals surface area contributed by atoms with E-state index in [9.17, 15) is 0 Å². The molecule has 1 N–H and O–H groups in total. The van der Waals surface area contributed by atoms with E-state index in [0.717, 1.165) is 36.6 Å². The van der Waals surface area contributed by atoms with Crippen LogP contribution >= 0.6 is 0 Å². The lowest BCUT2D eigenvalue weighted by Gasteiger charge is -2.28. The maximum Gasteiger partial charge on any atom is 0.131 e. The third-order valence-electron chi connectivity index (χ3n) is 4.57. The third-order valence-corrected chi connectivity index (χ3v) is 4.57. The van der Waals surface area contributed by atoms with Crippen LogP contribution in [0, 0.1) is 5.92 Å². The molecule has 25 heavy (non-hydrogen) atoms. The van der Waals surface area contributed by atoms with Crippen molar-refractivity contribution in [2.75, 3.05) is 20.2 Å². The highest BCUT2D eigenvalue weighted by Gasteiger charge is 2.23. The predicted molar refractivity (Wildman–Crippen MR) is 103 cm³/mol. The van der Waals surface area contributed by atoms with Gasteiger partial charge in [-0.1, -0.05) is 44.2 Å². The number of ether oxygens (including phenoxy) is 2. The van der Waals surface area contributed by atoms with Gasteiger partial charge in [0.25, 0.3) is 0 Å². The summed E-state index contributed by atoms with van der Waals surface area (Å²) in [4.78, 5) is 0. The topological polar surface area (TPSA) is 30.5 Å². The molecule has 0 amide bonds. The van der Waals surface area contributed by atoms with E-state index in [1.165, 1.54) is 11.1 Å². The van der Waals surface area contributed by atoms with Crippen LogP contribution < -0.4 is 14.8 Å². The summed E-state index contributed by atoms with van der Waals surface area (Å²) in [5.74, 6) is 2.18. The second-order valence-electron chi connectivity index (χ2n) is 6.79. The summed E-state index contributed by atoms with van der Waals surface area (Å²) < 4.78 is 11.5. The van der Waals surface area contributed by atoms with Crippen molar-refractivity contribution in [2.45, 2.75) is 26.4 Å². The number of rotatable bonds is 7. The molecule has 0 saturated heterocycles. The summed E-state index contributed by atoms with van der Waals surface area (Å²) in [6, 6.07) is 16.7.